The fraction of sp³-hybridized carbons (Fsp3) is 0. The van der Waals surface area contributed by atoms with Crippen LogP contribution < -0.4 is 43.5 Å². The molecule has 1 aromatic carbocycles. The van der Waals surface area contributed by atoms with Gasteiger partial charge in [0.05, 0.1) is 0 Å². The van der Waals surface area contributed by atoms with Gasteiger partial charge < -0.3 is 13.9 Å². The van der Waals surface area contributed by atoms with Gasteiger partial charge in [0.2, 0.25) is 0 Å². The Morgan fingerprint density at radius 2 is 1.58 bits per heavy atom. The molecule has 0 saturated heterocycles. The first kappa shape index (κ1) is 10.1. The van der Waals surface area contributed by atoms with Gasteiger partial charge in [-0.2, -0.15) is 0 Å². The van der Waals surface area contributed by atoms with E-state index in [-0.39, 0.29) is 41.1 Å². The molecule has 0 saturated carbocycles. The van der Waals surface area contributed by atoms with Crippen LogP contribution in [0.1, 0.15) is 0 Å². The number of hydrogen-bond acceptors (Lipinski definition) is 4. The van der Waals surface area contributed by atoms with Crippen LogP contribution in [0.4, 0.5) is 0 Å². The molecule has 12 heavy (non-hydrogen) atoms. The fourth-order valence-corrected chi connectivity index (χ4v) is 1.68. The number of hydrogen-bond donors (Lipinski definition) is 0. The molecule has 1 aliphatic rings. The summed E-state index contributed by atoms with van der Waals surface area (Å²) in [6.07, 6.45) is 0. The minimum atomic E-state index is -4.08. The molecule has 0 aliphatic carbocycles. The van der Waals surface area contributed by atoms with Crippen molar-refractivity contribution in [3.8, 4) is 11.5 Å². The van der Waals surface area contributed by atoms with Crippen molar-refractivity contribution in [1.82, 2.24) is 0 Å². The SMILES string of the molecule is O=P1([O-])Oc2ccccc2O1.[Na+]. The number of fused-ring (bicyclic) bond motifs is 1. The molecule has 0 aromatic heterocycles. The van der Waals surface area contributed by atoms with Crippen LogP contribution in [-0.4, -0.2) is 0 Å². The van der Waals surface area contributed by atoms with Gasteiger partial charge in [0.1, 0.15) is 0 Å². The summed E-state index contributed by atoms with van der Waals surface area (Å²) >= 11 is 0. The van der Waals surface area contributed by atoms with Crippen LogP contribution in [0, 0.1) is 0 Å². The third kappa shape index (κ3) is 1.84. The summed E-state index contributed by atoms with van der Waals surface area (Å²) in [6, 6.07) is 6.42. The third-order valence-corrected chi connectivity index (χ3v) is 2.11. The number of rotatable bonds is 0. The summed E-state index contributed by atoms with van der Waals surface area (Å²) in [4.78, 5) is 10.7. The first-order chi connectivity index (χ1) is 5.17. The van der Waals surface area contributed by atoms with E-state index in [1.807, 2.05) is 0 Å². The Bertz CT molecular complexity index is 311. The van der Waals surface area contributed by atoms with Crippen LogP contribution in [-0.2, 0) is 4.57 Å². The van der Waals surface area contributed by atoms with Gasteiger partial charge in [0.15, 0.2) is 11.5 Å². The number of phosphoric acid groups is 1. The van der Waals surface area contributed by atoms with Crippen LogP contribution in [0.3, 0.4) is 0 Å². The summed E-state index contributed by atoms with van der Waals surface area (Å²) in [5.41, 5.74) is 0. The predicted octanol–water partition coefficient (Wildman–Crippen LogP) is -2.07. The first-order valence-electron chi connectivity index (χ1n) is 2.97. The normalized spacial score (nSPS) is 16.8. The minimum Gasteiger partial charge on any atom is -0.736 e. The molecule has 0 bridgehead atoms. The molecule has 0 fully saturated rings. The Morgan fingerprint density at radius 1 is 1.17 bits per heavy atom. The van der Waals surface area contributed by atoms with Gasteiger partial charge >= 0.3 is 37.4 Å². The van der Waals surface area contributed by atoms with Crippen molar-refractivity contribution in [3.63, 3.8) is 0 Å². The molecule has 6 heteroatoms. The Labute approximate surface area is 91.4 Å². The van der Waals surface area contributed by atoms with E-state index in [2.05, 4.69) is 9.05 Å². The van der Waals surface area contributed by atoms with E-state index in [1.165, 1.54) is 12.1 Å². The van der Waals surface area contributed by atoms with Crippen LogP contribution in [0.5, 0.6) is 11.5 Å². The second-order valence-electron chi connectivity index (χ2n) is 2.08. The van der Waals surface area contributed by atoms with E-state index in [0.717, 1.165) is 0 Å². The zero-order valence-corrected chi connectivity index (χ0v) is 9.28. The molecule has 0 radical (unpaired) electrons. The van der Waals surface area contributed by atoms with Crippen LogP contribution in [0.25, 0.3) is 0 Å². The molecule has 0 amide bonds. The molecule has 58 valence electrons. The number of para-hydroxylation sites is 2. The molecule has 1 aliphatic heterocycles. The zero-order chi connectivity index (χ0) is 7.90. The molecule has 1 heterocycles. The predicted molar refractivity (Wildman–Crippen MR) is 35.3 cm³/mol. The van der Waals surface area contributed by atoms with Crippen LogP contribution >= 0.6 is 7.82 Å². The maximum atomic E-state index is 10.7. The molecule has 1 aromatic rings. The van der Waals surface area contributed by atoms with E-state index in [9.17, 15) is 9.46 Å². The van der Waals surface area contributed by atoms with Crippen LogP contribution in [0.2, 0.25) is 0 Å². The van der Waals surface area contributed by atoms with E-state index in [4.69, 9.17) is 0 Å². The van der Waals surface area contributed by atoms with E-state index >= 15 is 0 Å². The van der Waals surface area contributed by atoms with E-state index < -0.39 is 7.82 Å². The van der Waals surface area contributed by atoms with Gasteiger partial charge in [0, 0.05) is 0 Å². The average Bonchev–Trinajstić information content (AvgIpc) is 2.21. The summed E-state index contributed by atoms with van der Waals surface area (Å²) < 4.78 is 19.6. The third-order valence-electron chi connectivity index (χ3n) is 1.27. The van der Waals surface area contributed by atoms with Gasteiger partial charge in [-0.15, -0.1) is 0 Å². The van der Waals surface area contributed by atoms with Gasteiger partial charge in [0.25, 0.3) is 0 Å². The number of phosphoric ester groups is 1. The van der Waals surface area contributed by atoms with E-state index in [0.29, 0.717) is 0 Å². The van der Waals surface area contributed by atoms with Gasteiger partial charge in [-0.25, -0.2) is 4.57 Å². The van der Waals surface area contributed by atoms with Gasteiger partial charge in [-0.05, 0) is 12.1 Å². The Kier molecular flexibility index (Phi) is 2.86. The zero-order valence-electron chi connectivity index (χ0n) is 6.39. The molecular formula is C6H4NaO4P. The Morgan fingerprint density at radius 3 is 2.00 bits per heavy atom. The summed E-state index contributed by atoms with van der Waals surface area (Å²) in [7, 11) is -4.08. The molecule has 0 atom stereocenters. The summed E-state index contributed by atoms with van der Waals surface area (Å²) in [5.74, 6) is 0.511. The van der Waals surface area contributed by atoms with Gasteiger partial charge in [-0.1, -0.05) is 12.1 Å². The summed E-state index contributed by atoms with van der Waals surface area (Å²) in [6.45, 7) is 0. The minimum absolute atomic E-state index is 0. The van der Waals surface area contributed by atoms with Crippen LogP contribution in [0.15, 0.2) is 24.3 Å². The Balaban J connectivity index is 0.000000720. The smallest absolute Gasteiger partial charge is 0.736 e. The van der Waals surface area contributed by atoms with Crippen molar-refractivity contribution in [2.75, 3.05) is 0 Å². The molecule has 0 unspecified atom stereocenters. The van der Waals surface area contributed by atoms with Crippen molar-refractivity contribution >= 4 is 7.82 Å². The molecular weight excluding hydrogens is 190 g/mol. The summed E-state index contributed by atoms with van der Waals surface area (Å²) in [5, 5.41) is 0. The monoisotopic (exact) mass is 194 g/mol. The Hall–Kier alpha value is 0.0100. The topological polar surface area (TPSA) is 58.6 Å². The van der Waals surface area contributed by atoms with Crippen molar-refractivity contribution in [2.45, 2.75) is 0 Å². The second kappa shape index (κ2) is 3.40. The fourth-order valence-electron chi connectivity index (χ4n) is 0.861. The first-order valence-corrected chi connectivity index (χ1v) is 4.43. The second-order valence-corrected chi connectivity index (χ2v) is 3.34. The quantitative estimate of drug-likeness (QED) is 0.351. The van der Waals surface area contributed by atoms with Crippen molar-refractivity contribution in [2.24, 2.45) is 0 Å². The van der Waals surface area contributed by atoms with Crippen molar-refractivity contribution in [1.29, 1.82) is 0 Å². The molecule has 0 spiro atoms. The van der Waals surface area contributed by atoms with E-state index in [1.54, 1.807) is 12.1 Å². The molecule has 4 nitrogen and oxygen atoms in total. The standard InChI is InChI=1S/C6H5O4P.Na/c7-11(8)9-5-3-1-2-4-6(5)10-11;/h1-4H,(H,7,8);/q;+1/p-1. The maximum absolute atomic E-state index is 10.7. The largest absolute Gasteiger partial charge is 1.00 e. The molecule has 2 rings (SSSR count). The van der Waals surface area contributed by atoms with Crippen molar-refractivity contribution in [3.05, 3.63) is 24.3 Å². The number of benzene rings is 1. The van der Waals surface area contributed by atoms with Crippen molar-refractivity contribution < 1.29 is 48.1 Å². The van der Waals surface area contributed by atoms with Gasteiger partial charge in [-0.3, -0.25) is 0 Å². The average molecular weight is 194 g/mol. The molecule has 0 N–H and O–H groups in total. The maximum Gasteiger partial charge on any atom is 1.00 e.